The molecular weight excluding hydrogens is 240 g/mol. The second-order valence-corrected chi connectivity index (χ2v) is 5.20. The number of aryl methyl sites for hydroxylation is 1. The molecule has 1 aromatic heterocycles. The third kappa shape index (κ3) is 2.29. The van der Waals surface area contributed by atoms with Crippen LogP contribution in [0.4, 0.5) is 5.69 Å². The summed E-state index contributed by atoms with van der Waals surface area (Å²) in [5, 5.41) is 9.29. The van der Waals surface area contributed by atoms with Crippen molar-refractivity contribution in [3.63, 3.8) is 0 Å². The van der Waals surface area contributed by atoms with Gasteiger partial charge in [0.25, 0.3) is 0 Å². The first kappa shape index (κ1) is 11.6. The Labute approximate surface area is 98.9 Å². The maximum atomic E-state index is 11.5. The van der Waals surface area contributed by atoms with Crippen LogP contribution in [0.2, 0.25) is 0 Å². The summed E-state index contributed by atoms with van der Waals surface area (Å²) < 4.78 is 24.4. The largest absolute Gasteiger partial charge is 0.399 e. The predicted octanol–water partition coefficient (Wildman–Crippen LogP) is 0.410. The molecule has 4 N–H and O–H groups in total. The molecule has 0 unspecified atom stereocenters. The fourth-order valence-corrected chi connectivity index (χ4v) is 2.25. The highest BCUT2D eigenvalue weighted by Gasteiger charge is 2.16. The minimum absolute atomic E-state index is 0.0411. The predicted molar refractivity (Wildman–Crippen MR) is 64.1 cm³/mol. The molecule has 0 amide bonds. The van der Waals surface area contributed by atoms with E-state index in [0.29, 0.717) is 11.4 Å². The molecule has 0 spiro atoms. The second-order valence-electron chi connectivity index (χ2n) is 3.67. The van der Waals surface area contributed by atoms with Crippen LogP contribution in [0, 0.1) is 6.92 Å². The fraction of sp³-hybridized carbons (Fsp3) is 0.100. The number of sulfonamides is 1. The highest BCUT2D eigenvalue weighted by Crippen LogP contribution is 2.21. The lowest BCUT2D eigenvalue weighted by atomic mass is 10.3. The summed E-state index contributed by atoms with van der Waals surface area (Å²) in [6.07, 6.45) is 1.66. The van der Waals surface area contributed by atoms with E-state index in [9.17, 15) is 8.42 Å². The highest BCUT2D eigenvalue weighted by molar-refractivity contribution is 7.89. The maximum absolute atomic E-state index is 11.5. The molecule has 0 fully saturated rings. The van der Waals surface area contributed by atoms with Gasteiger partial charge in [0.05, 0.1) is 11.4 Å². The first-order chi connectivity index (χ1) is 7.88. The van der Waals surface area contributed by atoms with E-state index in [1.807, 2.05) is 6.92 Å². The Balaban J connectivity index is 2.70. The van der Waals surface area contributed by atoms with Crippen LogP contribution in [-0.4, -0.2) is 18.2 Å². The van der Waals surface area contributed by atoms with Gasteiger partial charge >= 0.3 is 0 Å². The van der Waals surface area contributed by atoms with Gasteiger partial charge in [-0.1, -0.05) is 0 Å². The lowest BCUT2D eigenvalue weighted by Gasteiger charge is -2.08. The average Bonchev–Trinajstić information content (AvgIpc) is 2.63. The summed E-state index contributed by atoms with van der Waals surface area (Å²) in [6, 6.07) is 6.26. The smallest absolute Gasteiger partial charge is 0.240 e. The fourth-order valence-electron chi connectivity index (χ4n) is 1.50. The zero-order chi connectivity index (χ0) is 12.6. The third-order valence-electron chi connectivity index (χ3n) is 2.26. The van der Waals surface area contributed by atoms with Gasteiger partial charge in [-0.3, -0.25) is 0 Å². The van der Waals surface area contributed by atoms with Crippen LogP contribution in [0.25, 0.3) is 5.69 Å². The number of primary sulfonamides is 1. The average molecular weight is 252 g/mol. The van der Waals surface area contributed by atoms with Crippen molar-refractivity contribution < 1.29 is 8.42 Å². The molecule has 90 valence electrons. The lowest BCUT2D eigenvalue weighted by molar-refractivity contribution is 0.596. The number of hydrogen-bond acceptors (Lipinski definition) is 4. The first-order valence-corrected chi connectivity index (χ1v) is 6.37. The van der Waals surface area contributed by atoms with E-state index < -0.39 is 10.0 Å². The number of nitrogen functional groups attached to an aromatic ring is 1. The van der Waals surface area contributed by atoms with E-state index in [1.165, 1.54) is 10.7 Å². The van der Waals surface area contributed by atoms with E-state index in [2.05, 4.69) is 5.10 Å². The van der Waals surface area contributed by atoms with E-state index in [0.717, 1.165) is 5.69 Å². The minimum Gasteiger partial charge on any atom is -0.399 e. The molecule has 2 aromatic rings. The van der Waals surface area contributed by atoms with Crippen LogP contribution in [0.5, 0.6) is 0 Å². The maximum Gasteiger partial charge on any atom is 0.240 e. The number of aromatic nitrogens is 2. The zero-order valence-electron chi connectivity index (χ0n) is 9.16. The van der Waals surface area contributed by atoms with Crippen molar-refractivity contribution in [1.82, 2.24) is 9.78 Å². The highest BCUT2D eigenvalue weighted by atomic mass is 32.2. The van der Waals surface area contributed by atoms with Crippen LogP contribution in [0.1, 0.15) is 5.69 Å². The summed E-state index contributed by atoms with van der Waals surface area (Å²) in [5.41, 5.74) is 7.06. The van der Waals surface area contributed by atoms with Crippen LogP contribution in [0.3, 0.4) is 0 Å². The molecule has 0 aliphatic carbocycles. The SMILES string of the molecule is Cc1ccn(-c2ccc(N)cc2S(N)(=O)=O)n1. The van der Waals surface area contributed by atoms with Gasteiger partial charge < -0.3 is 5.73 Å². The molecule has 17 heavy (non-hydrogen) atoms. The molecule has 0 radical (unpaired) electrons. The van der Waals surface area contributed by atoms with Crippen molar-refractivity contribution in [3.05, 3.63) is 36.2 Å². The lowest BCUT2D eigenvalue weighted by Crippen LogP contribution is -2.16. The van der Waals surface area contributed by atoms with Gasteiger partial charge in [-0.05, 0) is 31.2 Å². The number of nitrogens with two attached hydrogens (primary N) is 2. The van der Waals surface area contributed by atoms with Crippen molar-refractivity contribution in [2.75, 3.05) is 5.73 Å². The van der Waals surface area contributed by atoms with Crippen molar-refractivity contribution in [2.45, 2.75) is 11.8 Å². The summed E-state index contributed by atoms with van der Waals surface area (Å²) in [5.74, 6) is 0. The van der Waals surface area contributed by atoms with Gasteiger partial charge in [0, 0.05) is 11.9 Å². The standard InChI is InChI=1S/C10H12N4O2S/c1-7-4-5-14(13-7)9-3-2-8(11)6-10(9)17(12,15)16/h2-6H,11H2,1H3,(H2,12,15,16). The van der Waals surface area contributed by atoms with Crippen LogP contribution < -0.4 is 10.9 Å². The van der Waals surface area contributed by atoms with Gasteiger partial charge in [-0.25, -0.2) is 18.2 Å². The number of hydrogen-bond donors (Lipinski definition) is 2. The Kier molecular flexibility index (Phi) is 2.64. The van der Waals surface area contributed by atoms with E-state index in [-0.39, 0.29) is 4.90 Å². The number of nitrogens with zero attached hydrogens (tertiary/aromatic N) is 2. The molecule has 0 atom stereocenters. The molecule has 1 aromatic carbocycles. The molecule has 2 rings (SSSR count). The Morgan fingerprint density at radius 3 is 2.53 bits per heavy atom. The Hall–Kier alpha value is -1.86. The molecule has 0 saturated carbocycles. The quantitative estimate of drug-likeness (QED) is 0.755. The molecule has 1 heterocycles. The van der Waals surface area contributed by atoms with Gasteiger partial charge in [0.15, 0.2) is 0 Å². The van der Waals surface area contributed by atoms with Crippen molar-refractivity contribution in [3.8, 4) is 5.69 Å². The second kappa shape index (κ2) is 3.86. The first-order valence-electron chi connectivity index (χ1n) is 4.83. The van der Waals surface area contributed by atoms with Crippen LogP contribution in [0.15, 0.2) is 35.4 Å². The number of benzene rings is 1. The Morgan fingerprint density at radius 2 is 2.00 bits per heavy atom. The topological polar surface area (TPSA) is 104 Å². The molecule has 0 aliphatic heterocycles. The summed E-state index contributed by atoms with van der Waals surface area (Å²) in [6.45, 7) is 1.81. The van der Waals surface area contributed by atoms with Crippen LogP contribution >= 0.6 is 0 Å². The molecule has 0 saturated heterocycles. The summed E-state index contributed by atoms with van der Waals surface area (Å²) in [7, 11) is -3.84. The zero-order valence-corrected chi connectivity index (χ0v) is 9.98. The van der Waals surface area contributed by atoms with Gasteiger partial charge in [0.2, 0.25) is 10.0 Å². The van der Waals surface area contributed by atoms with Gasteiger partial charge in [0.1, 0.15) is 4.90 Å². The number of anilines is 1. The normalized spacial score (nSPS) is 11.6. The van der Waals surface area contributed by atoms with Gasteiger partial charge in [-0.2, -0.15) is 5.10 Å². The van der Waals surface area contributed by atoms with Crippen molar-refractivity contribution in [1.29, 1.82) is 0 Å². The molecule has 7 heteroatoms. The van der Waals surface area contributed by atoms with Crippen LogP contribution in [-0.2, 0) is 10.0 Å². The van der Waals surface area contributed by atoms with E-state index in [4.69, 9.17) is 10.9 Å². The summed E-state index contributed by atoms with van der Waals surface area (Å²) in [4.78, 5) is -0.0411. The van der Waals surface area contributed by atoms with Crippen molar-refractivity contribution in [2.24, 2.45) is 5.14 Å². The molecule has 0 bridgehead atoms. The Bertz CT molecular complexity index is 661. The number of rotatable bonds is 2. The minimum atomic E-state index is -3.84. The van der Waals surface area contributed by atoms with Crippen molar-refractivity contribution >= 4 is 15.7 Å². The monoisotopic (exact) mass is 252 g/mol. The van der Waals surface area contributed by atoms with Gasteiger partial charge in [-0.15, -0.1) is 0 Å². The third-order valence-corrected chi connectivity index (χ3v) is 3.20. The molecule has 6 nitrogen and oxygen atoms in total. The molecule has 0 aliphatic rings. The van der Waals surface area contributed by atoms with E-state index >= 15 is 0 Å². The molecular formula is C10H12N4O2S. The Morgan fingerprint density at radius 1 is 1.29 bits per heavy atom. The van der Waals surface area contributed by atoms with E-state index in [1.54, 1.807) is 24.4 Å². The summed E-state index contributed by atoms with van der Waals surface area (Å²) >= 11 is 0.